The van der Waals surface area contributed by atoms with Crippen molar-refractivity contribution < 1.29 is 0 Å². The quantitative estimate of drug-likeness (QED) is 0.663. The minimum atomic E-state index is 1.17. The first-order valence-corrected chi connectivity index (χ1v) is 4.74. The van der Waals surface area contributed by atoms with Crippen LogP contribution < -0.4 is 0 Å². The number of hydrogen-bond acceptors (Lipinski definition) is 0. The van der Waals surface area contributed by atoms with Crippen molar-refractivity contribution in [2.75, 3.05) is 0 Å². The van der Waals surface area contributed by atoms with Crippen molar-refractivity contribution in [3.63, 3.8) is 0 Å². The molecule has 2 rings (SSSR count). The van der Waals surface area contributed by atoms with Crippen LogP contribution in [0.5, 0.6) is 0 Å². The van der Waals surface area contributed by atoms with E-state index in [-0.39, 0.29) is 0 Å². The molecular formula is C14H12. The molecule has 0 unspecified atom stereocenters. The van der Waals surface area contributed by atoms with Gasteiger partial charge < -0.3 is 0 Å². The van der Waals surface area contributed by atoms with E-state index in [9.17, 15) is 0 Å². The summed E-state index contributed by atoms with van der Waals surface area (Å²) in [6.07, 6.45) is 0. The van der Waals surface area contributed by atoms with Gasteiger partial charge in [0.2, 0.25) is 0 Å². The molecule has 14 heavy (non-hydrogen) atoms. The van der Waals surface area contributed by atoms with E-state index in [1.54, 1.807) is 0 Å². The van der Waals surface area contributed by atoms with Gasteiger partial charge in [-0.2, -0.15) is 0 Å². The van der Waals surface area contributed by atoms with E-state index in [1.807, 2.05) is 24.3 Å². The van der Waals surface area contributed by atoms with Gasteiger partial charge >= 0.3 is 0 Å². The average molecular weight is 180 g/mol. The van der Waals surface area contributed by atoms with Gasteiger partial charge in [-0.1, -0.05) is 61.5 Å². The van der Waals surface area contributed by atoms with Crippen LogP contribution in [0.3, 0.4) is 0 Å². The summed E-state index contributed by atoms with van der Waals surface area (Å²) < 4.78 is 0. The highest BCUT2D eigenvalue weighted by atomic mass is 14.1. The van der Waals surface area contributed by atoms with Crippen LogP contribution in [-0.4, -0.2) is 0 Å². The number of rotatable bonds is 2. The lowest BCUT2D eigenvalue weighted by molar-refractivity contribution is 1.19. The highest BCUT2D eigenvalue weighted by Gasteiger charge is 2.07. The second kappa shape index (κ2) is 4.10. The Kier molecular flexibility index (Phi) is 2.64. The number of hydrogen-bond donors (Lipinski definition) is 0. The summed E-state index contributed by atoms with van der Waals surface area (Å²) in [6, 6.07) is 21.7. The maximum atomic E-state index is 3.23. The average Bonchev–Trinajstić information content (AvgIpc) is 2.30. The van der Waals surface area contributed by atoms with Gasteiger partial charge in [-0.25, -0.2) is 0 Å². The van der Waals surface area contributed by atoms with E-state index < -0.39 is 0 Å². The Morgan fingerprint density at radius 3 is 2.29 bits per heavy atom. The summed E-state index contributed by atoms with van der Waals surface area (Å²) >= 11 is 0. The molecule has 0 aliphatic rings. The molecule has 0 aromatic heterocycles. The minimum Gasteiger partial charge on any atom is -0.0622 e. The van der Waals surface area contributed by atoms with Crippen molar-refractivity contribution in [1.82, 2.24) is 0 Å². The highest BCUT2D eigenvalue weighted by molar-refractivity contribution is 5.43. The van der Waals surface area contributed by atoms with E-state index in [0.717, 1.165) is 0 Å². The molecule has 0 fully saturated rings. The summed E-state index contributed by atoms with van der Waals surface area (Å²) in [4.78, 5) is 0. The molecule has 0 heteroatoms. The van der Waals surface area contributed by atoms with Crippen molar-refractivity contribution in [3.8, 4) is 0 Å². The van der Waals surface area contributed by atoms with E-state index in [2.05, 4.69) is 43.3 Å². The Bertz CT molecular complexity index is 336. The zero-order chi connectivity index (χ0) is 9.80. The van der Waals surface area contributed by atoms with Crippen molar-refractivity contribution in [2.24, 2.45) is 0 Å². The lowest BCUT2D eigenvalue weighted by atomic mass is 9.93. The zero-order valence-electron chi connectivity index (χ0n) is 8.20. The summed E-state index contributed by atoms with van der Waals surface area (Å²) in [5.41, 5.74) is 2.42. The SMILES string of the molecule is C[C](c1[c]cccc1)c1ccccc1. The van der Waals surface area contributed by atoms with Crippen molar-refractivity contribution in [1.29, 1.82) is 0 Å². The van der Waals surface area contributed by atoms with Gasteiger partial charge in [0.05, 0.1) is 0 Å². The van der Waals surface area contributed by atoms with Crippen molar-refractivity contribution in [2.45, 2.75) is 6.92 Å². The second-order valence-electron chi connectivity index (χ2n) is 3.27. The fraction of sp³-hybridized carbons (Fsp3) is 0.0714. The molecule has 0 saturated heterocycles. The normalized spacial score (nSPS) is 10.4. The predicted octanol–water partition coefficient (Wildman–Crippen LogP) is 3.48. The summed E-state index contributed by atoms with van der Waals surface area (Å²) in [6.45, 7) is 2.13. The van der Waals surface area contributed by atoms with Crippen LogP contribution in [-0.2, 0) is 0 Å². The first kappa shape index (κ1) is 9.01. The van der Waals surface area contributed by atoms with Crippen LogP contribution in [0.25, 0.3) is 0 Å². The zero-order valence-corrected chi connectivity index (χ0v) is 8.20. The smallest absolute Gasteiger partial charge is 0.0315 e. The van der Waals surface area contributed by atoms with Crippen LogP contribution in [0.4, 0.5) is 0 Å². The van der Waals surface area contributed by atoms with Crippen LogP contribution in [0.1, 0.15) is 18.1 Å². The topological polar surface area (TPSA) is 0 Å². The Morgan fingerprint density at radius 2 is 1.64 bits per heavy atom. The van der Waals surface area contributed by atoms with Crippen LogP contribution in [0.15, 0.2) is 54.6 Å². The molecule has 0 heterocycles. The fourth-order valence-electron chi connectivity index (χ4n) is 1.47. The standard InChI is InChI=1S/C14H12/c1-12(13-8-4-2-5-9-13)14-10-6-3-7-11-14/h2-10H,1H3. The Hall–Kier alpha value is -1.56. The molecule has 0 saturated carbocycles. The number of benzene rings is 2. The van der Waals surface area contributed by atoms with Crippen LogP contribution >= 0.6 is 0 Å². The molecule has 0 atom stereocenters. The van der Waals surface area contributed by atoms with E-state index in [4.69, 9.17) is 0 Å². The van der Waals surface area contributed by atoms with E-state index in [1.165, 1.54) is 17.0 Å². The maximum Gasteiger partial charge on any atom is 0.0315 e. The lowest BCUT2D eigenvalue weighted by Gasteiger charge is -2.10. The summed E-state index contributed by atoms with van der Waals surface area (Å²) in [5, 5.41) is 0. The third-order valence-electron chi connectivity index (χ3n) is 2.32. The molecule has 0 amide bonds. The Balaban J connectivity index is 2.30. The maximum absolute atomic E-state index is 3.23. The first-order chi connectivity index (χ1) is 6.88. The molecule has 0 N–H and O–H groups in total. The van der Waals surface area contributed by atoms with Gasteiger partial charge in [-0.15, -0.1) is 0 Å². The van der Waals surface area contributed by atoms with E-state index in [0.29, 0.717) is 0 Å². The highest BCUT2D eigenvalue weighted by Crippen LogP contribution is 2.21. The monoisotopic (exact) mass is 180 g/mol. The molecule has 0 aliphatic heterocycles. The van der Waals surface area contributed by atoms with Gasteiger partial charge in [0.1, 0.15) is 0 Å². The molecule has 2 aromatic rings. The molecule has 0 aliphatic carbocycles. The Morgan fingerprint density at radius 1 is 0.929 bits per heavy atom. The second-order valence-corrected chi connectivity index (χ2v) is 3.27. The molecule has 68 valence electrons. The predicted molar refractivity (Wildman–Crippen MR) is 58.8 cm³/mol. The van der Waals surface area contributed by atoms with Gasteiger partial charge in [0.25, 0.3) is 0 Å². The minimum absolute atomic E-state index is 1.17. The lowest BCUT2D eigenvalue weighted by Crippen LogP contribution is -1.95. The van der Waals surface area contributed by atoms with Gasteiger partial charge in [-0.05, 0) is 17.2 Å². The molecule has 0 nitrogen and oxygen atoms in total. The third-order valence-corrected chi connectivity index (χ3v) is 2.32. The Labute approximate surface area is 85.2 Å². The molecular weight excluding hydrogens is 168 g/mol. The van der Waals surface area contributed by atoms with Gasteiger partial charge in [0.15, 0.2) is 0 Å². The van der Waals surface area contributed by atoms with Crippen molar-refractivity contribution >= 4 is 0 Å². The van der Waals surface area contributed by atoms with Gasteiger partial charge in [0, 0.05) is 5.92 Å². The summed E-state index contributed by atoms with van der Waals surface area (Å²) in [5.74, 6) is 1.27. The third kappa shape index (κ3) is 1.85. The molecule has 0 spiro atoms. The molecule has 2 radical (unpaired) electrons. The fourth-order valence-corrected chi connectivity index (χ4v) is 1.47. The van der Waals surface area contributed by atoms with Gasteiger partial charge in [-0.3, -0.25) is 0 Å². The molecule has 2 aromatic carbocycles. The molecule has 0 bridgehead atoms. The summed E-state index contributed by atoms with van der Waals surface area (Å²) in [7, 11) is 0. The van der Waals surface area contributed by atoms with Crippen molar-refractivity contribution in [3.05, 3.63) is 77.7 Å². The first-order valence-electron chi connectivity index (χ1n) is 4.74. The largest absolute Gasteiger partial charge is 0.0622 e. The van der Waals surface area contributed by atoms with Crippen LogP contribution in [0.2, 0.25) is 0 Å². The van der Waals surface area contributed by atoms with Crippen LogP contribution in [0, 0.1) is 12.0 Å². The van der Waals surface area contributed by atoms with E-state index >= 15 is 0 Å².